The zero-order chi connectivity index (χ0) is 17.9. The molecule has 2 heterocycles. The number of nitrogens with one attached hydrogen (secondary N) is 1. The number of carboxylic acids is 1. The molecular formula is C17H18ClN3O4. The fraction of sp³-hybridized carbons (Fsp3) is 0.353. The van der Waals surface area contributed by atoms with E-state index in [9.17, 15) is 14.7 Å². The van der Waals surface area contributed by atoms with Gasteiger partial charge >= 0.3 is 5.97 Å². The van der Waals surface area contributed by atoms with Gasteiger partial charge < -0.3 is 15.2 Å². The molecule has 3 rings (SSSR count). The summed E-state index contributed by atoms with van der Waals surface area (Å²) in [6.45, 7) is 0.856. The number of nitrogens with zero attached hydrogens (tertiary/aromatic N) is 2. The van der Waals surface area contributed by atoms with E-state index in [-0.39, 0.29) is 12.3 Å². The summed E-state index contributed by atoms with van der Waals surface area (Å²) in [6, 6.07) is 7.06. The van der Waals surface area contributed by atoms with Crippen LogP contribution in [0.25, 0.3) is 5.69 Å². The maximum Gasteiger partial charge on any atom is 0.305 e. The van der Waals surface area contributed by atoms with Crippen molar-refractivity contribution in [2.24, 2.45) is 0 Å². The molecule has 1 aromatic heterocycles. The molecule has 2 aromatic rings. The summed E-state index contributed by atoms with van der Waals surface area (Å²) in [6.07, 6.45) is 3.87. The minimum absolute atomic E-state index is 0.132. The average molecular weight is 364 g/mol. The molecule has 0 radical (unpaired) electrons. The number of halogens is 1. The van der Waals surface area contributed by atoms with Crippen LogP contribution >= 0.6 is 11.6 Å². The van der Waals surface area contributed by atoms with Crippen molar-refractivity contribution in [2.75, 3.05) is 13.2 Å². The van der Waals surface area contributed by atoms with Crippen molar-refractivity contribution >= 4 is 23.5 Å². The lowest BCUT2D eigenvalue weighted by Crippen LogP contribution is -2.53. The quantitative estimate of drug-likeness (QED) is 0.850. The lowest BCUT2D eigenvalue weighted by Gasteiger charge is -2.36. The smallest absolute Gasteiger partial charge is 0.305 e. The third-order valence-electron chi connectivity index (χ3n) is 4.25. The van der Waals surface area contributed by atoms with Gasteiger partial charge in [-0.05, 0) is 37.1 Å². The molecule has 8 heteroatoms. The molecule has 0 atom stereocenters. The van der Waals surface area contributed by atoms with Crippen molar-refractivity contribution in [1.29, 1.82) is 0 Å². The number of ether oxygens (including phenoxy) is 1. The van der Waals surface area contributed by atoms with E-state index in [4.69, 9.17) is 16.3 Å². The van der Waals surface area contributed by atoms with E-state index in [0.717, 1.165) is 5.69 Å². The van der Waals surface area contributed by atoms with Gasteiger partial charge in [0.1, 0.15) is 0 Å². The van der Waals surface area contributed by atoms with Gasteiger partial charge in [-0.1, -0.05) is 11.6 Å². The number of aromatic nitrogens is 2. The van der Waals surface area contributed by atoms with Crippen LogP contribution in [0.1, 0.15) is 29.6 Å². The Morgan fingerprint density at radius 1 is 1.28 bits per heavy atom. The van der Waals surface area contributed by atoms with Crippen LogP contribution in [0.15, 0.2) is 36.7 Å². The SMILES string of the molecule is O=C(O)CC1(NC(=O)c2cnn(-c3ccc(Cl)cc3)c2)CCOCC1. The summed E-state index contributed by atoms with van der Waals surface area (Å²) in [4.78, 5) is 23.8. The van der Waals surface area contributed by atoms with Crippen molar-refractivity contribution in [3.05, 3.63) is 47.2 Å². The second-order valence-corrected chi connectivity index (χ2v) is 6.50. The second kappa shape index (κ2) is 7.25. The Bertz CT molecular complexity index is 766. The Morgan fingerprint density at radius 2 is 1.96 bits per heavy atom. The molecule has 0 bridgehead atoms. The van der Waals surface area contributed by atoms with Crippen LogP contribution in [-0.4, -0.2) is 45.5 Å². The zero-order valence-corrected chi connectivity index (χ0v) is 14.2. The van der Waals surface area contributed by atoms with Crippen LogP contribution in [0.4, 0.5) is 0 Å². The maximum atomic E-state index is 12.6. The van der Waals surface area contributed by atoms with Gasteiger partial charge in [-0.15, -0.1) is 0 Å². The molecule has 1 aliphatic rings. The molecule has 1 amide bonds. The van der Waals surface area contributed by atoms with Crippen LogP contribution in [-0.2, 0) is 9.53 Å². The number of benzene rings is 1. The average Bonchev–Trinajstić information content (AvgIpc) is 3.05. The molecular weight excluding hydrogens is 346 g/mol. The number of hydrogen-bond acceptors (Lipinski definition) is 4. The number of hydrogen-bond donors (Lipinski definition) is 2. The number of amides is 1. The van der Waals surface area contributed by atoms with E-state index in [2.05, 4.69) is 10.4 Å². The summed E-state index contributed by atoms with van der Waals surface area (Å²) in [5.74, 6) is -1.29. The number of aliphatic carboxylic acids is 1. The van der Waals surface area contributed by atoms with Gasteiger partial charge in [0.2, 0.25) is 0 Å². The molecule has 25 heavy (non-hydrogen) atoms. The van der Waals surface area contributed by atoms with Crippen LogP contribution in [0.3, 0.4) is 0 Å². The minimum Gasteiger partial charge on any atom is -0.481 e. The third-order valence-corrected chi connectivity index (χ3v) is 4.51. The Morgan fingerprint density at radius 3 is 2.60 bits per heavy atom. The molecule has 1 aromatic carbocycles. The normalized spacial score (nSPS) is 16.4. The van der Waals surface area contributed by atoms with Crippen molar-refractivity contribution < 1.29 is 19.4 Å². The maximum absolute atomic E-state index is 12.6. The first-order valence-corrected chi connectivity index (χ1v) is 8.28. The molecule has 0 aliphatic carbocycles. The highest BCUT2D eigenvalue weighted by Gasteiger charge is 2.36. The summed E-state index contributed by atoms with van der Waals surface area (Å²) in [7, 11) is 0. The van der Waals surface area contributed by atoms with Crippen LogP contribution in [0.2, 0.25) is 5.02 Å². The molecule has 1 fully saturated rings. The standard InChI is InChI=1S/C17H18ClN3O4/c18-13-1-3-14(4-2-13)21-11-12(10-19-21)16(24)20-17(9-15(22)23)5-7-25-8-6-17/h1-4,10-11H,5-9H2,(H,20,24)(H,22,23). The van der Waals surface area contributed by atoms with E-state index >= 15 is 0 Å². The monoisotopic (exact) mass is 363 g/mol. The van der Waals surface area contributed by atoms with Gasteiger partial charge in [-0.25, -0.2) is 4.68 Å². The highest BCUT2D eigenvalue weighted by atomic mass is 35.5. The molecule has 132 valence electrons. The molecule has 0 unspecified atom stereocenters. The van der Waals surface area contributed by atoms with Gasteiger partial charge in [0.15, 0.2) is 0 Å². The first kappa shape index (κ1) is 17.4. The highest BCUT2D eigenvalue weighted by molar-refractivity contribution is 6.30. The fourth-order valence-electron chi connectivity index (χ4n) is 2.89. The van der Waals surface area contributed by atoms with Gasteiger partial charge in [-0.3, -0.25) is 9.59 Å². The minimum atomic E-state index is -0.945. The molecule has 1 aliphatic heterocycles. The van der Waals surface area contributed by atoms with Gasteiger partial charge in [0, 0.05) is 24.4 Å². The fourth-order valence-corrected chi connectivity index (χ4v) is 3.01. The van der Waals surface area contributed by atoms with Crippen molar-refractivity contribution in [3.8, 4) is 5.69 Å². The predicted molar refractivity (Wildman–Crippen MR) is 91.1 cm³/mol. The highest BCUT2D eigenvalue weighted by Crippen LogP contribution is 2.25. The van der Waals surface area contributed by atoms with Gasteiger partial charge in [-0.2, -0.15) is 5.10 Å². The second-order valence-electron chi connectivity index (χ2n) is 6.07. The van der Waals surface area contributed by atoms with Crippen LogP contribution in [0, 0.1) is 0 Å². The topological polar surface area (TPSA) is 93.5 Å². The van der Waals surface area contributed by atoms with Crippen molar-refractivity contribution in [3.63, 3.8) is 0 Å². The van der Waals surface area contributed by atoms with E-state index in [1.54, 1.807) is 35.1 Å². The largest absolute Gasteiger partial charge is 0.481 e. The first-order valence-electron chi connectivity index (χ1n) is 7.90. The van der Waals surface area contributed by atoms with E-state index < -0.39 is 11.5 Å². The van der Waals surface area contributed by atoms with Gasteiger partial charge in [0.25, 0.3) is 5.91 Å². The van der Waals surface area contributed by atoms with Crippen LogP contribution < -0.4 is 5.32 Å². The van der Waals surface area contributed by atoms with Crippen molar-refractivity contribution in [1.82, 2.24) is 15.1 Å². The Labute approximate surface area is 149 Å². The lowest BCUT2D eigenvalue weighted by molar-refractivity contribution is -0.139. The predicted octanol–water partition coefficient (Wildman–Crippen LogP) is 2.28. The molecule has 2 N–H and O–H groups in total. The van der Waals surface area contributed by atoms with Crippen LogP contribution in [0.5, 0.6) is 0 Å². The Hall–Kier alpha value is -2.38. The number of carboxylic acid groups (broad SMARTS) is 1. The Kier molecular flexibility index (Phi) is 5.06. The van der Waals surface area contributed by atoms with Gasteiger partial charge in [0.05, 0.1) is 29.4 Å². The van der Waals surface area contributed by atoms with Crippen molar-refractivity contribution in [2.45, 2.75) is 24.8 Å². The summed E-state index contributed by atoms with van der Waals surface area (Å²) < 4.78 is 6.86. The number of carbonyl (C=O) groups excluding carboxylic acids is 1. The number of rotatable bonds is 5. The van der Waals surface area contributed by atoms with E-state index in [0.29, 0.717) is 36.6 Å². The molecule has 0 spiro atoms. The first-order chi connectivity index (χ1) is 12.0. The van der Waals surface area contributed by atoms with E-state index in [1.807, 2.05) is 0 Å². The summed E-state index contributed by atoms with van der Waals surface area (Å²) in [5, 5.41) is 16.9. The summed E-state index contributed by atoms with van der Waals surface area (Å²) in [5.41, 5.74) is 0.352. The molecule has 1 saturated heterocycles. The lowest BCUT2D eigenvalue weighted by atomic mass is 9.86. The molecule has 0 saturated carbocycles. The van der Waals surface area contributed by atoms with E-state index in [1.165, 1.54) is 6.20 Å². The summed E-state index contributed by atoms with van der Waals surface area (Å²) >= 11 is 5.87. The third kappa shape index (κ3) is 4.18. The number of carbonyl (C=O) groups is 2. The molecule has 7 nitrogen and oxygen atoms in total. The Balaban J connectivity index is 1.76. The zero-order valence-electron chi connectivity index (χ0n) is 13.4.